The van der Waals surface area contributed by atoms with E-state index in [0.717, 1.165) is 43.0 Å². The monoisotopic (exact) mass is 439 g/mol. The van der Waals surface area contributed by atoms with Crippen molar-refractivity contribution in [2.24, 2.45) is 11.8 Å². The second-order valence-corrected chi connectivity index (χ2v) is 9.38. The van der Waals surface area contributed by atoms with Gasteiger partial charge in [-0.25, -0.2) is 4.39 Å². The quantitative estimate of drug-likeness (QED) is 0.563. The van der Waals surface area contributed by atoms with Crippen molar-refractivity contribution in [3.63, 3.8) is 0 Å². The molecule has 1 N–H and O–H groups in total. The summed E-state index contributed by atoms with van der Waals surface area (Å²) in [6.45, 7) is 3.98. The summed E-state index contributed by atoms with van der Waals surface area (Å²) in [5, 5.41) is 9.31. The van der Waals surface area contributed by atoms with E-state index in [2.05, 4.69) is 11.8 Å². The molecule has 5 heteroatoms. The van der Waals surface area contributed by atoms with E-state index in [0.29, 0.717) is 30.6 Å². The van der Waals surface area contributed by atoms with Gasteiger partial charge in [0, 0.05) is 24.2 Å². The number of ether oxygens (including phenoxy) is 1. The molecule has 1 atom stereocenters. The lowest BCUT2D eigenvalue weighted by Crippen LogP contribution is -2.38. The van der Waals surface area contributed by atoms with Crippen molar-refractivity contribution in [1.82, 2.24) is 4.90 Å². The molecule has 4 nitrogen and oxygen atoms in total. The molecule has 1 heterocycles. The number of carbonyl (C=O) groups is 1. The van der Waals surface area contributed by atoms with Crippen molar-refractivity contribution in [3.8, 4) is 16.9 Å². The zero-order valence-corrected chi connectivity index (χ0v) is 18.9. The average Bonchev–Trinajstić information content (AvgIpc) is 2.82. The molecule has 172 valence electrons. The highest BCUT2D eigenvalue weighted by molar-refractivity contribution is 5.70. The number of carboxylic acids is 1. The Morgan fingerprint density at radius 1 is 1.09 bits per heavy atom. The van der Waals surface area contributed by atoms with Crippen LogP contribution >= 0.6 is 0 Å². The number of carboxylic acid groups (broad SMARTS) is 1. The third kappa shape index (κ3) is 5.50. The van der Waals surface area contributed by atoms with Gasteiger partial charge in [0.1, 0.15) is 11.6 Å². The maximum Gasteiger partial charge on any atom is 0.307 e. The number of likely N-dealkylation sites (tertiary alicyclic amines) is 1. The van der Waals surface area contributed by atoms with Crippen molar-refractivity contribution in [2.75, 3.05) is 13.1 Å². The molecule has 1 saturated carbocycles. The fourth-order valence-corrected chi connectivity index (χ4v) is 5.13. The largest absolute Gasteiger partial charge is 0.490 e. The van der Waals surface area contributed by atoms with Gasteiger partial charge in [-0.2, -0.15) is 0 Å². The summed E-state index contributed by atoms with van der Waals surface area (Å²) in [7, 11) is 0. The van der Waals surface area contributed by atoms with Gasteiger partial charge >= 0.3 is 5.97 Å². The Hall–Kier alpha value is -2.40. The Morgan fingerprint density at radius 3 is 2.53 bits per heavy atom. The summed E-state index contributed by atoms with van der Waals surface area (Å²) >= 11 is 0. The molecule has 1 aliphatic heterocycles. The van der Waals surface area contributed by atoms with Crippen LogP contribution in [-0.4, -0.2) is 35.2 Å². The summed E-state index contributed by atoms with van der Waals surface area (Å²) < 4.78 is 21.5. The predicted molar refractivity (Wildman–Crippen MR) is 124 cm³/mol. The van der Waals surface area contributed by atoms with Crippen LogP contribution in [0.4, 0.5) is 4.39 Å². The van der Waals surface area contributed by atoms with Gasteiger partial charge in [-0.05, 0) is 68.7 Å². The molecule has 2 aromatic rings. The number of hydrogen-bond acceptors (Lipinski definition) is 3. The molecule has 2 aliphatic rings. The van der Waals surface area contributed by atoms with E-state index in [-0.39, 0.29) is 17.8 Å². The number of aliphatic carboxylic acids is 1. The van der Waals surface area contributed by atoms with Crippen LogP contribution in [0.3, 0.4) is 0 Å². The highest BCUT2D eigenvalue weighted by atomic mass is 19.1. The summed E-state index contributed by atoms with van der Waals surface area (Å²) in [4.78, 5) is 13.4. The second kappa shape index (κ2) is 10.5. The van der Waals surface area contributed by atoms with E-state index in [9.17, 15) is 9.90 Å². The molecular weight excluding hydrogens is 405 g/mol. The summed E-state index contributed by atoms with van der Waals surface area (Å²) in [5.74, 6) is 0.339. The normalized spacial score (nSPS) is 24.2. The van der Waals surface area contributed by atoms with Gasteiger partial charge in [-0.15, -0.1) is 0 Å². The van der Waals surface area contributed by atoms with Crippen molar-refractivity contribution in [1.29, 1.82) is 0 Å². The van der Waals surface area contributed by atoms with Crippen LogP contribution < -0.4 is 4.74 Å². The minimum Gasteiger partial charge on any atom is -0.490 e. The summed E-state index contributed by atoms with van der Waals surface area (Å²) in [5.41, 5.74) is 2.01. The first kappa shape index (κ1) is 22.8. The molecule has 4 rings (SSSR count). The first-order valence-electron chi connectivity index (χ1n) is 12.0. The molecule has 32 heavy (non-hydrogen) atoms. The lowest BCUT2D eigenvalue weighted by molar-refractivity contribution is -0.143. The van der Waals surface area contributed by atoms with Gasteiger partial charge in [-0.3, -0.25) is 9.69 Å². The van der Waals surface area contributed by atoms with Crippen LogP contribution in [0, 0.1) is 17.7 Å². The molecule has 1 saturated heterocycles. The van der Waals surface area contributed by atoms with Crippen LogP contribution in [0.15, 0.2) is 42.5 Å². The second-order valence-electron chi connectivity index (χ2n) is 9.38. The molecule has 0 aromatic heterocycles. The standard InChI is InChI=1S/C27H34FNO3/c1-2-19-8-12-23(13-9-19)32-24-14-10-20(11-15-24)25-7-3-5-21(26(25)28)17-29-16-4-6-22(18-29)27(30)31/h3,5,7,10-11,14-15,19,22-23H,2,4,6,8-9,12-13,16-18H2,1H3,(H,30,31)/t19-,22?,23+. The van der Waals surface area contributed by atoms with Gasteiger partial charge in [0.05, 0.1) is 12.0 Å². The molecule has 2 aromatic carbocycles. The number of piperidine rings is 1. The van der Waals surface area contributed by atoms with E-state index in [1.54, 1.807) is 12.1 Å². The van der Waals surface area contributed by atoms with E-state index in [4.69, 9.17) is 4.74 Å². The third-order valence-electron chi connectivity index (χ3n) is 7.17. The lowest BCUT2D eigenvalue weighted by Gasteiger charge is -2.30. The Labute approximate surface area is 190 Å². The summed E-state index contributed by atoms with van der Waals surface area (Å²) in [6, 6.07) is 13.2. The van der Waals surface area contributed by atoms with Crippen LogP contribution in [0.2, 0.25) is 0 Å². The van der Waals surface area contributed by atoms with Gasteiger partial charge < -0.3 is 9.84 Å². The van der Waals surface area contributed by atoms with Gasteiger partial charge in [-0.1, -0.05) is 43.7 Å². The first-order valence-corrected chi connectivity index (χ1v) is 12.0. The van der Waals surface area contributed by atoms with Crippen molar-refractivity contribution in [2.45, 2.75) is 64.5 Å². The summed E-state index contributed by atoms with van der Waals surface area (Å²) in [6.07, 6.45) is 7.75. The number of hydrogen-bond donors (Lipinski definition) is 1. The maximum absolute atomic E-state index is 15.3. The zero-order chi connectivity index (χ0) is 22.5. The number of nitrogens with zero attached hydrogens (tertiary/aromatic N) is 1. The molecule has 0 spiro atoms. The van der Waals surface area contributed by atoms with E-state index in [1.807, 2.05) is 30.3 Å². The molecule has 0 amide bonds. The van der Waals surface area contributed by atoms with Crippen molar-refractivity contribution in [3.05, 3.63) is 53.8 Å². The maximum atomic E-state index is 15.3. The van der Waals surface area contributed by atoms with Gasteiger partial charge in [0.25, 0.3) is 0 Å². The zero-order valence-electron chi connectivity index (χ0n) is 18.9. The molecular formula is C27H34FNO3. The fraction of sp³-hybridized carbons (Fsp3) is 0.519. The van der Waals surface area contributed by atoms with Gasteiger partial charge in [0.2, 0.25) is 0 Å². The number of rotatable bonds is 7. The first-order chi connectivity index (χ1) is 15.5. The van der Waals surface area contributed by atoms with Gasteiger partial charge in [0.15, 0.2) is 0 Å². The van der Waals surface area contributed by atoms with Crippen molar-refractivity contribution >= 4 is 5.97 Å². The number of halogens is 1. The SMILES string of the molecule is CC[C@H]1CC[C@@H](Oc2ccc(-c3cccc(CN4CCCC(C(=O)O)C4)c3F)cc2)CC1. The molecule has 1 unspecified atom stereocenters. The van der Waals surface area contributed by atoms with E-state index < -0.39 is 5.97 Å². The van der Waals surface area contributed by atoms with Crippen LogP contribution in [0.5, 0.6) is 5.75 Å². The van der Waals surface area contributed by atoms with Crippen LogP contribution in [-0.2, 0) is 11.3 Å². The van der Waals surface area contributed by atoms with Crippen LogP contribution in [0.1, 0.15) is 57.4 Å². The highest BCUT2D eigenvalue weighted by Gasteiger charge is 2.26. The minimum absolute atomic E-state index is 0.225. The fourth-order valence-electron chi connectivity index (χ4n) is 5.13. The Bertz CT molecular complexity index is 906. The Morgan fingerprint density at radius 2 is 1.84 bits per heavy atom. The molecule has 1 aliphatic carbocycles. The van der Waals surface area contributed by atoms with Crippen molar-refractivity contribution < 1.29 is 19.0 Å². The molecule has 0 bridgehead atoms. The Kier molecular flexibility index (Phi) is 7.46. The molecule has 0 radical (unpaired) electrons. The number of benzene rings is 2. The predicted octanol–water partition coefficient (Wildman–Crippen LogP) is 6.14. The van der Waals surface area contributed by atoms with Crippen LogP contribution in [0.25, 0.3) is 11.1 Å². The smallest absolute Gasteiger partial charge is 0.307 e. The average molecular weight is 440 g/mol. The minimum atomic E-state index is -0.760. The van der Waals surface area contributed by atoms with E-state index >= 15 is 4.39 Å². The lowest BCUT2D eigenvalue weighted by atomic mass is 9.86. The topological polar surface area (TPSA) is 49.8 Å². The highest BCUT2D eigenvalue weighted by Crippen LogP contribution is 2.31. The molecule has 2 fully saturated rings. The third-order valence-corrected chi connectivity index (χ3v) is 7.17. The Balaban J connectivity index is 1.41. The van der Waals surface area contributed by atoms with E-state index in [1.165, 1.54) is 19.3 Å².